The van der Waals surface area contributed by atoms with Crippen molar-refractivity contribution in [1.29, 1.82) is 0 Å². The van der Waals surface area contributed by atoms with E-state index in [1.807, 2.05) is 66.7 Å². The Kier molecular flexibility index (Phi) is 6.91. The monoisotopic (exact) mass is 624 g/mol. The van der Waals surface area contributed by atoms with Crippen LogP contribution >= 0.6 is 11.3 Å². The lowest BCUT2D eigenvalue weighted by molar-refractivity contribution is 0.0952. The van der Waals surface area contributed by atoms with Crippen molar-refractivity contribution in [3.63, 3.8) is 0 Å². The van der Waals surface area contributed by atoms with Gasteiger partial charge in [0.15, 0.2) is 0 Å². The van der Waals surface area contributed by atoms with E-state index in [1.54, 1.807) is 46.0 Å². The molecule has 2 N–H and O–H groups in total. The largest absolute Gasteiger partial charge is 0.349 e. The Morgan fingerprint density at radius 2 is 1.59 bits per heavy atom. The Hall–Kier alpha value is -5.61. The maximum absolute atomic E-state index is 14.1. The number of carbonyl (C=O) groups excluding carboxylic acids is 3. The molecule has 3 heterocycles. The van der Waals surface area contributed by atoms with E-state index < -0.39 is 0 Å². The van der Waals surface area contributed by atoms with Gasteiger partial charge < -0.3 is 15.5 Å². The van der Waals surface area contributed by atoms with Crippen LogP contribution in [0, 0.1) is 0 Å². The summed E-state index contributed by atoms with van der Waals surface area (Å²) in [6.45, 7) is 0.442. The minimum atomic E-state index is -0.214. The third-order valence-corrected chi connectivity index (χ3v) is 9.54. The van der Waals surface area contributed by atoms with E-state index in [0.717, 1.165) is 51.3 Å². The molecule has 0 bridgehead atoms. The van der Waals surface area contributed by atoms with Crippen LogP contribution in [0.15, 0.2) is 103 Å². The number of nitrogens with one attached hydrogen (secondary N) is 2. The minimum Gasteiger partial charge on any atom is -0.349 e. The second-order valence-corrected chi connectivity index (χ2v) is 12.6. The van der Waals surface area contributed by atoms with Crippen LogP contribution in [0.4, 0.5) is 11.4 Å². The van der Waals surface area contributed by atoms with Crippen molar-refractivity contribution >= 4 is 51.5 Å². The van der Waals surface area contributed by atoms with Crippen molar-refractivity contribution < 1.29 is 14.4 Å². The molecule has 1 aliphatic carbocycles. The van der Waals surface area contributed by atoms with Crippen molar-refractivity contribution in [3.8, 4) is 16.1 Å². The molecule has 1 saturated carbocycles. The molecule has 6 aromatic rings. The Bertz CT molecular complexity index is 2130. The van der Waals surface area contributed by atoms with Gasteiger partial charge in [0.2, 0.25) is 0 Å². The van der Waals surface area contributed by atoms with E-state index in [-0.39, 0.29) is 23.8 Å². The van der Waals surface area contributed by atoms with Gasteiger partial charge in [-0.05, 0) is 97.6 Å². The van der Waals surface area contributed by atoms with Crippen LogP contribution in [0.1, 0.15) is 48.8 Å². The third-order valence-electron chi connectivity index (χ3n) is 8.33. The number of hydrogen-bond acceptors (Lipinski definition) is 6. The second-order valence-electron chi connectivity index (χ2n) is 11.5. The molecule has 0 saturated heterocycles. The number of carbonyl (C=O) groups is 3. The topological polar surface area (TPSA) is 109 Å². The van der Waals surface area contributed by atoms with Gasteiger partial charge in [0.1, 0.15) is 5.52 Å². The van der Waals surface area contributed by atoms with E-state index in [1.165, 1.54) is 11.3 Å². The lowest BCUT2D eigenvalue weighted by atomic mass is 10.1. The molecule has 2 aliphatic rings. The zero-order chi connectivity index (χ0) is 31.2. The quantitative estimate of drug-likeness (QED) is 0.220. The number of amides is 3. The summed E-state index contributed by atoms with van der Waals surface area (Å²) in [6.07, 6.45) is 2.63. The van der Waals surface area contributed by atoms with Gasteiger partial charge in [0.05, 0.1) is 21.8 Å². The van der Waals surface area contributed by atoms with Gasteiger partial charge in [-0.2, -0.15) is 0 Å². The lowest BCUT2D eigenvalue weighted by Gasteiger charge is -2.24. The number of hydrogen-bond donors (Lipinski definition) is 2. The fourth-order valence-electron chi connectivity index (χ4n) is 5.78. The summed E-state index contributed by atoms with van der Waals surface area (Å²) in [5, 5.41) is 14.7. The number of thiophene rings is 1. The van der Waals surface area contributed by atoms with Crippen LogP contribution in [0.25, 0.3) is 27.2 Å². The smallest absolute Gasteiger partial charge is 0.261 e. The van der Waals surface area contributed by atoms with Crippen LogP contribution in [-0.2, 0) is 6.42 Å². The summed E-state index contributed by atoms with van der Waals surface area (Å²) in [7, 11) is 0. The van der Waals surface area contributed by atoms with E-state index in [9.17, 15) is 14.4 Å². The van der Waals surface area contributed by atoms with Crippen molar-refractivity contribution in [2.24, 2.45) is 0 Å². The van der Waals surface area contributed by atoms with Crippen LogP contribution in [0.5, 0.6) is 0 Å². The fraction of sp³-hybridized carbons (Fsp3) is 0.139. The molecule has 226 valence electrons. The molecule has 3 amide bonds. The molecule has 0 spiro atoms. The highest BCUT2D eigenvalue weighted by Crippen LogP contribution is 2.43. The first-order chi connectivity index (χ1) is 22.5. The Morgan fingerprint density at radius 3 is 2.39 bits per heavy atom. The zero-order valence-corrected chi connectivity index (χ0v) is 25.5. The van der Waals surface area contributed by atoms with Crippen molar-refractivity contribution in [2.75, 3.05) is 16.8 Å². The molecule has 2 aromatic heterocycles. The first-order valence-electron chi connectivity index (χ1n) is 15.2. The van der Waals surface area contributed by atoms with Gasteiger partial charge in [0, 0.05) is 39.8 Å². The highest BCUT2D eigenvalue weighted by molar-refractivity contribution is 7.17. The molecule has 1 fully saturated rings. The van der Waals surface area contributed by atoms with Gasteiger partial charge in [0.25, 0.3) is 17.7 Å². The van der Waals surface area contributed by atoms with Crippen LogP contribution in [0.3, 0.4) is 0 Å². The first kappa shape index (κ1) is 27.9. The summed E-state index contributed by atoms with van der Waals surface area (Å²) in [6, 6.07) is 31.9. The lowest BCUT2D eigenvalue weighted by Crippen LogP contribution is -2.32. The molecule has 1 aliphatic heterocycles. The Balaban J connectivity index is 1.14. The Labute approximate surface area is 268 Å². The number of aromatic nitrogens is 3. The summed E-state index contributed by atoms with van der Waals surface area (Å²) >= 11 is 1.46. The van der Waals surface area contributed by atoms with Gasteiger partial charge >= 0.3 is 0 Å². The summed E-state index contributed by atoms with van der Waals surface area (Å²) in [5.74, 6) is -0.413. The molecular weight excluding hydrogens is 597 g/mol. The molecule has 4 aromatic carbocycles. The number of anilines is 2. The molecule has 10 heteroatoms. The van der Waals surface area contributed by atoms with E-state index in [4.69, 9.17) is 0 Å². The number of benzene rings is 4. The second kappa shape index (κ2) is 11.4. The Morgan fingerprint density at radius 1 is 0.804 bits per heavy atom. The van der Waals surface area contributed by atoms with Crippen molar-refractivity contribution in [1.82, 2.24) is 20.3 Å². The summed E-state index contributed by atoms with van der Waals surface area (Å²) < 4.78 is 1.79. The SMILES string of the molecule is O=C(Nc1ccc(C(=O)N2CCc3cc(C(=O)NC4CC4)sc3-c3cc(-n4nnc5ccccc54)ccc32)cc1)c1ccccc1. The molecular formula is C36H28N6O3S. The summed E-state index contributed by atoms with van der Waals surface area (Å²) in [5.41, 5.74) is 6.78. The summed E-state index contributed by atoms with van der Waals surface area (Å²) in [4.78, 5) is 43.2. The average Bonchev–Trinajstić information content (AvgIpc) is 3.68. The van der Waals surface area contributed by atoms with Crippen molar-refractivity contribution in [3.05, 3.63) is 125 Å². The average molecular weight is 625 g/mol. The highest BCUT2D eigenvalue weighted by Gasteiger charge is 2.30. The molecule has 0 atom stereocenters. The van der Waals surface area contributed by atoms with E-state index >= 15 is 0 Å². The first-order valence-corrected chi connectivity index (χ1v) is 16.0. The number of nitrogens with zero attached hydrogens (tertiary/aromatic N) is 4. The van der Waals surface area contributed by atoms with Gasteiger partial charge in [-0.15, -0.1) is 16.4 Å². The number of fused-ring (bicyclic) bond motifs is 4. The van der Waals surface area contributed by atoms with Gasteiger partial charge in [-0.25, -0.2) is 4.68 Å². The van der Waals surface area contributed by atoms with Gasteiger partial charge in [-0.1, -0.05) is 35.5 Å². The molecule has 9 nitrogen and oxygen atoms in total. The zero-order valence-electron chi connectivity index (χ0n) is 24.6. The maximum atomic E-state index is 14.1. The van der Waals surface area contributed by atoms with Gasteiger partial charge in [-0.3, -0.25) is 14.4 Å². The standard InChI is InChI=1S/C36H28N6O3S/c43-34(22-6-2-1-3-7-22)37-25-12-10-23(11-13-25)36(45)41-19-18-24-20-32(35(44)38-26-14-15-26)46-33(24)28-21-27(16-17-30(28)41)42-31-9-5-4-8-29(31)39-40-42/h1-13,16-17,20-21,26H,14-15,18-19H2,(H,37,43)(H,38,44). The molecule has 0 radical (unpaired) electrons. The third kappa shape index (κ3) is 5.22. The fourth-order valence-corrected chi connectivity index (χ4v) is 6.92. The molecule has 46 heavy (non-hydrogen) atoms. The predicted molar refractivity (Wildman–Crippen MR) is 179 cm³/mol. The predicted octanol–water partition coefficient (Wildman–Crippen LogP) is 6.50. The molecule has 0 unspecified atom stereocenters. The van der Waals surface area contributed by atoms with Crippen molar-refractivity contribution in [2.45, 2.75) is 25.3 Å². The van der Waals surface area contributed by atoms with E-state index in [0.29, 0.717) is 34.7 Å². The number of rotatable bonds is 6. The van der Waals surface area contributed by atoms with Crippen LogP contribution in [-0.4, -0.2) is 45.3 Å². The minimum absolute atomic E-state index is 0.0482. The van der Waals surface area contributed by atoms with Crippen LogP contribution in [0.2, 0.25) is 0 Å². The van der Waals surface area contributed by atoms with E-state index in [2.05, 4.69) is 20.9 Å². The highest BCUT2D eigenvalue weighted by atomic mass is 32.1. The molecule has 8 rings (SSSR count). The maximum Gasteiger partial charge on any atom is 0.261 e. The van der Waals surface area contributed by atoms with Crippen LogP contribution < -0.4 is 15.5 Å². The normalized spacial score (nSPS) is 13.9. The number of para-hydroxylation sites is 1.